The first-order valence-electron chi connectivity index (χ1n) is 8.06. The summed E-state index contributed by atoms with van der Waals surface area (Å²) in [4.78, 5) is 0.328. The van der Waals surface area contributed by atoms with Gasteiger partial charge in [0.2, 0.25) is 5.70 Å². The molecule has 26 heavy (non-hydrogen) atoms. The summed E-state index contributed by atoms with van der Waals surface area (Å²) < 4.78 is 1.72. The fraction of sp³-hybridized carbons (Fsp3) is 0.0476. The molecule has 2 aromatic carbocycles. The van der Waals surface area contributed by atoms with Gasteiger partial charge in [0.05, 0.1) is 0 Å². The van der Waals surface area contributed by atoms with E-state index in [4.69, 9.17) is 23.8 Å². The molecule has 0 aliphatic rings. The predicted octanol–water partition coefficient (Wildman–Crippen LogP) is 4.06. The lowest BCUT2D eigenvalue weighted by Crippen LogP contribution is -2.39. The minimum Gasteiger partial charge on any atom is -0.867 e. The molecule has 0 saturated heterocycles. The number of halogens is 1. The topological polar surface area (TPSA) is 39.0 Å². The van der Waals surface area contributed by atoms with Crippen LogP contribution in [-0.4, -0.2) is 4.99 Å². The molecule has 5 heteroatoms. The van der Waals surface area contributed by atoms with Crippen molar-refractivity contribution >= 4 is 46.0 Å². The van der Waals surface area contributed by atoms with Gasteiger partial charge in [-0.25, -0.2) is 0 Å². The van der Waals surface area contributed by atoms with Crippen molar-refractivity contribution in [1.82, 2.24) is 0 Å². The first-order chi connectivity index (χ1) is 12.5. The van der Waals surface area contributed by atoms with Gasteiger partial charge in [-0.15, -0.1) is 0 Å². The average molecular weight is 381 g/mol. The van der Waals surface area contributed by atoms with Crippen molar-refractivity contribution in [2.24, 2.45) is 0 Å². The van der Waals surface area contributed by atoms with Crippen molar-refractivity contribution < 1.29 is 9.67 Å². The predicted molar refractivity (Wildman–Crippen MR) is 109 cm³/mol. The van der Waals surface area contributed by atoms with Gasteiger partial charge in [-0.1, -0.05) is 65.8 Å². The Bertz CT molecular complexity index is 953. The largest absolute Gasteiger partial charge is 0.867 e. The Morgan fingerprint density at radius 1 is 1.00 bits per heavy atom. The number of aryl methyl sites for hydroxylation is 1. The van der Waals surface area contributed by atoms with E-state index in [2.05, 4.69) is 5.32 Å². The number of hydrogen-bond donors (Lipinski definition) is 1. The number of rotatable bonds is 4. The molecule has 0 spiro atoms. The molecule has 0 bridgehead atoms. The molecule has 0 radical (unpaired) electrons. The standard InChI is InChI=1S/C21H17ClN2OS/c1-15-8-10-16(11-9-15)20(25)19(24-12-3-2-4-13-24)21(26)23-18-7-5-6-17(22)14-18/h2-14H,1H3,(H-,23,25,26). The molecular weight excluding hydrogens is 364 g/mol. The van der Waals surface area contributed by atoms with E-state index in [0.29, 0.717) is 21.3 Å². The monoisotopic (exact) mass is 380 g/mol. The Morgan fingerprint density at radius 3 is 2.35 bits per heavy atom. The second kappa shape index (κ2) is 8.13. The number of benzene rings is 2. The van der Waals surface area contributed by atoms with E-state index in [1.807, 2.05) is 61.5 Å². The fourth-order valence-corrected chi connectivity index (χ4v) is 2.99. The first-order valence-corrected chi connectivity index (χ1v) is 8.85. The van der Waals surface area contributed by atoms with Crippen LogP contribution in [0.15, 0.2) is 79.1 Å². The van der Waals surface area contributed by atoms with Crippen molar-refractivity contribution in [1.29, 1.82) is 0 Å². The van der Waals surface area contributed by atoms with Gasteiger partial charge >= 0.3 is 0 Å². The van der Waals surface area contributed by atoms with Gasteiger partial charge in [0.1, 0.15) is 0 Å². The van der Waals surface area contributed by atoms with E-state index >= 15 is 0 Å². The normalized spacial score (nSPS) is 11.6. The summed E-state index contributed by atoms with van der Waals surface area (Å²) in [7, 11) is 0. The second-order valence-electron chi connectivity index (χ2n) is 5.79. The molecule has 3 aromatic rings. The van der Waals surface area contributed by atoms with Gasteiger partial charge in [-0.3, -0.25) is 0 Å². The van der Waals surface area contributed by atoms with Crippen LogP contribution in [0.25, 0.3) is 11.5 Å². The van der Waals surface area contributed by atoms with Gasteiger partial charge < -0.3 is 10.4 Å². The van der Waals surface area contributed by atoms with Crippen LogP contribution >= 0.6 is 23.8 Å². The summed E-state index contributed by atoms with van der Waals surface area (Å²) >= 11 is 11.6. The molecule has 3 rings (SSSR count). The number of anilines is 1. The molecule has 1 N–H and O–H groups in total. The molecule has 1 heterocycles. The van der Waals surface area contributed by atoms with Crippen molar-refractivity contribution in [3.8, 4) is 0 Å². The molecular formula is C21H17ClN2OS. The van der Waals surface area contributed by atoms with Crippen LogP contribution in [0.1, 0.15) is 11.1 Å². The van der Waals surface area contributed by atoms with Crippen molar-refractivity contribution in [2.75, 3.05) is 5.32 Å². The molecule has 0 amide bonds. The van der Waals surface area contributed by atoms with E-state index in [1.165, 1.54) is 0 Å². The quantitative estimate of drug-likeness (QED) is 0.321. The maximum Gasteiger partial charge on any atom is 0.238 e. The number of nitrogens with one attached hydrogen (secondary N) is 1. The van der Waals surface area contributed by atoms with Gasteiger partial charge in [0.25, 0.3) is 0 Å². The molecule has 0 atom stereocenters. The molecule has 0 aliphatic carbocycles. The zero-order valence-corrected chi connectivity index (χ0v) is 15.7. The van der Waals surface area contributed by atoms with E-state index < -0.39 is 0 Å². The average Bonchev–Trinajstić information content (AvgIpc) is 2.63. The van der Waals surface area contributed by atoms with E-state index in [9.17, 15) is 5.11 Å². The summed E-state index contributed by atoms with van der Waals surface area (Å²) in [5, 5.41) is 16.8. The smallest absolute Gasteiger partial charge is 0.238 e. The number of aromatic nitrogens is 1. The SMILES string of the molecule is Cc1ccc(/C([O-])=C(\C(=S)Nc2cccc(Cl)c2)[n+]2ccccc2)cc1. The Kier molecular flexibility index (Phi) is 5.66. The van der Waals surface area contributed by atoms with Crippen molar-refractivity contribution in [2.45, 2.75) is 6.92 Å². The third-order valence-corrected chi connectivity index (χ3v) is 4.33. The lowest BCUT2D eigenvalue weighted by molar-refractivity contribution is -0.577. The summed E-state index contributed by atoms with van der Waals surface area (Å²) in [5.74, 6) is -0.152. The third-order valence-electron chi connectivity index (χ3n) is 3.80. The van der Waals surface area contributed by atoms with E-state index in [-0.39, 0.29) is 5.76 Å². The van der Waals surface area contributed by atoms with Gasteiger partial charge in [0, 0.05) is 22.8 Å². The summed E-state index contributed by atoms with van der Waals surface area (Å²) in [5.41, 5.74) is 2.78. The van der Waals surface area contributed by atoms with Crippen molar-refractivity contribution in [3.63, 3.8) is 0 Å². The molecule has 1 aromatic heterocycles. The van der Waals surface area contributed by atoms with Crippen LogP contribution in [0.4, 0.5) is 5.69 Å². The fourth-order valence-electron chi connectivity index (χ4n) is 2.48. The molecule has 0 aliphatic heterocycles. The first kappa shape index (κ1) is 18.1. The van der Waals surface area contributed by atoms with Gasteiger partial charge in [-0.2, -0.15) is 4.57 Å². The zero-order chi connectivity index (χ0) is 18.5. The second-order valence-corrected chi connectivity index (χ2v) is 6.64. The lowest BCUT2D eigenvalue weighted by atomic mass is 10.1. The van der Waals surface area contributed by atoms with E-state index in [0.717, 1.165) is 11.3 Å². The zero-order valence-electron chi connectivity index (χ0n) is 14.1. The van der Waals surface area contributed by atoms with Crippen LogP contribution in [0.2, 0.25) is 5.02 Å². The Labute approximate surface area is 163 Å². The number of nitrogens with zero attached hydrogens (tertiary/aromatic N) is 1. The van der Waals surface area contributed by atoms with E-state index in [1.54, 1.807) is 29.1 Å². The molecule has 130 valence electrons. The number of pyridine rings is 1. The van der Waals surface area contributed by atoms with Crippen molar-refractivity contribution in [3.05, 3.63) is 95.3 Å². The maximum atomic E-state index is 13.1. The van der Waals surface area contributed by atoms with Crippen LogP contribution in [0.5, 0.6) is 0 Å². The minimum atomic E-state index is -0.152. The molecule has 0 saturated carbocycles. The Hall–Kier alpha value is -2.69. The Morgan fingerprint density at radius 2 is 1.69 bits per heavy atom. The van der Waals surface area contributed by atoms with Crippen LogP contribution in [0.3, 0.4) is 0 Å². The van der Waals surface area contributed by atoms with Gasteiger partial charge in [-0.05, 0) is 36.4 Å². The minimum absolute atomic E-state index is 0.152. The summed E-state index contributed by atoms with van der Waals surface area (Å²) in [6, 6.07) is 20.2. The number of hydrogen-bond acceptors (Lipinski definition) is 2. The summed E-state index contributed by atoms with van der Waals surface area (Å²) in [6.07, 6.45) is 3.60. The third kappa shape index (κ3) is 4.28. The highest BCUT2D eigenvalue weighted by Gasteiger charge is 2.18. The van der Waals surface area contributed by atoms with Crippen LogP contribution in [0, 0.1) is 6.92 Å². The molecule has 0 fully saturated rings. The highest BCUT2D eigenvalue weighted by molar-refractivity contribution is 7.81. The molecule has 0 unspecified atom stereocenters. The number of thiocarbonyl (C=S) groups is 1. The van der Waals surface area contributed by atoms with Gasteiger partial charge in [0.15, 0.2) is 17.4 Å². The highest BCUT2D eigenvalue weighted by atomic mass is 35.5. The maximum absolute atomic E-state index is 13.1. The van der Waals surface area contributed by atoms with Crippen LogP contribution < -0.4 is 15.0 Å². The Balaban J connectivity index is 2.05. The lowest BCUT2D eigenvalue weighted by Gasteiger charge is -2.17. The molecule has 3 nitrogen and oxygen atoms in total. The summed E-state index contributed by atoms with van der Waals surface area (Å²) in [6.45, 7) is 1.98. The van der Waals surface area contributed by atoms with Crippen LogP contribution in [-0.2, 0) is 0 Å². The highest BCUT2D eigenvalue weighted by Crippen LogP contribution is 2.19.